The molecule has 7 fully saturated rings. The summed E-state index contributed by atoms with van der Waals surface area (Å²) >= 11 is 1.60. The number of carbonyl (C=O) groups is 2. The molecule has 0 radical (unpaired) electrons. The number of benzene rings is 3. The van der Waals surface area contributed by atoms with Gasteiger partial charge in [-0.05, 0) is 130 Å². The van der Waals surface area contributed by atoms with E-state index < -0.39 is 18.1 Å². The predicted octanol–water partition coefficient (Wildman–Crippen LogP) is 8.93. The number of aromatic hydroxyl groups is 1. The van der Waals surface area contributed by atoms with E-state index in [0.29, 0.717) is 36.5 Å². The summed E-state index contributed by atoms with van der Waals surface area (Å²) in [5.74, 6) is 1.10. The Morgan fingerprint density at radius 1 is 0.929 bits per heavy atom. The van der Waals surface area contributed by atoms with Gasteiger partial charge in [-0.25, -0.2) is 4.98 Å². The van der Waals surface area contributed by atoms with Gasteiger partial charge in [-0.15, -0.1) is 11.3 Å². The third-order valence-corrected chi connectivity index (χ3v) is 22.0. The molecule has 4 aromatic heterocycles. The number of carbonyl (C=O) groups excluding carboxylic acids is 2. The number of aromatic nitrogens is 5. The number of aliphatic hydroxyl groups is 1. The molecule has 2 amide bonds. The Balaban J connectivity index is 0.581. The minimum absolute atomic E-state index is 0.0264. The number of likely N-dealkylation sites (tertiary alicyclic amines) is 2. The standard InChI is InChI=1S/C66H78N12O6S/c1-37(2)55(63(82)77-32-48(80)26-52(77)62(81)69-39(4)41-10-12-42(13-11-41)60-40(5)68-36-85-60)53-27-54(73-84-53)76-33-65(34-76)19-22-74(23-20-65)31-46-16-18-66(17-7-21-78(46)66)35-83-64-71-59-51(61(72-64)75-29-44-14-15-45(30-75)70-44)28-67-58-50-25-47(79)24-43-8-6-9-49(57(43)50)38(3)56(58)59/h6,8-13,24-25,27-28,36-39,44-46,48,52,55,70,79-80H,7,14-23,26,29-35H2,1-5H3,(H,69,81)/t38?,39-,44?,45?,46-,48+,52-,55+,66-/m0/s1. The first-order valence-corrected chi connectivity index (χ1v) is 32.2. The molecule has 8 aliphatic rings. The number of piperidine rings is 1. The second-order valence-corrected chi connectivity index (χ2v) is 27.7. The van der Waals surface area contributed by atoms with Crippen molar-refractivity contribution in [2.24, 2.45) is 11.3 Å². The maximum absolute atomic E-state index is 14.5. The number of rotatable bonds is 14. The number of amides is 2. The lowest BCUT2D eigenvalue weighted by Gasteiger charge is -2.54. The maximum Gasteiger partial charge on any atom is 0.319 e. The summed E-state index contributed by atoms with van der Waals surface area (Å²) in [4.78, 5) is 61.6. The van der Waals surface area contributed by atoms with E-state index in [0.717, 1.165) is 163 Å². The number of nitrogens with one attached hydrogen (secondary N) is 2. The highest BCUT2D eigenvalue weighted by Gasteiger charge is 2.52. The van der Waals surface area contributed by atoms with Crippen LogP contribution in [-0.2, 0) is 9.59 Å². The summed E-state index contributed by atoms with van der Waals surface area (Å²) < 4.78 is 13.0. The van der Waals surface area contributed by atoms with Crippen LogP contribution in [-0.4, -0.2) is 163 Å². The Morgan fingerprint density at radius 3 is 2.49 bits per heavy atom. The van der Waals surface area contributed by atoms with Gasteiger partial charge in [0.15, 0.2) is 11.6 Å². The van der Waals surface area contributed by atoms with E-state index in [9.17, 15) is 19.8 Å². The second-order valence-electron chi connectivity index (χ2n) is 26.8. The lowest BCUT2D eigenvalue weighted by molar-refractivity contribution is -0.141. The molecular formula is C66H78N12O6S. The average molecular weight is 1170 g/mol. The first-order chi connectivity index (χ1) is 41.2. The quantitative estimate of drug-likeness (QED) is 0.0803. The molecule has 1 spiro atoms. The normalized spacial score (nSPS) is 26.8. The van der Waals surface area contributed by atoms with Crippen LogP contribution in [0.15, 0.2) is 76.9 Å². The molecule has 3 aromatic carbocycles. The minimum atomic E-state index is -0.806. The third-order valence-electron chi connectivity index (χ3n) is 21.1. The van der Waals surface area contributed by atoms with Gasteiger partial charge < -0.3 is 49.7 Å². The average Bonchev–Trinajstić information content (AvgIpc) is 3.01. The number of pyridine rings is 1. The molecule has 19 heteroatoms. The zero-order valence-corrected chi connectivity index (χ0v) is 50.3. The van der Waals surface area contributed by atoms with Crippen LogP contribution in [0.1, 0.15) is 132 Å². The number of thiazole rings is 1. The van der Waals surface area contributed by atoms with E-state index in [1.165, 1.54) is 18.4 Å². The second kappa shape index (κ2) is 21.3. The van der Waals surface area contributed by atoms with Crippen LogP contribution < -0.4 is 25.2 Å². The molecule has 1 aliphatic carbocycles. The summed E-state index contributed by atoms with van der Waals surface area (Å²) in [7, 11) is 0. The van der Waals surface area contributed by atoms with Gasteiger partial charge in [-0.2, -0.15) is 9.97 Å². The molecular weight excluding hydrogens is 1090 g/mol. The van der Waals surface area contributed by atoms with Crippen molar-refractivity contribution < 1.29 is 29.1 Å². The van der Waals surface area contributed by atoms with Crippen molar-refractivity contribution in [1.29, 1.82) is 0 Å². The van der Waals surface area contributed by atoms with Gasteiger partial charge in [0.05, 0.1) is 50.4 Å². The Hall–Kier alpha value is -6.77. The lowest BCUT2D eigenvalue weighted by Crippen LogP contribution is -2.61. The van der Waals surface area contributed by atoms with Gasteiger partial charge in [0, 0.05) is 98.5 Å². The summed E-state index contributed by atoms with van der Waals surface area (Å²) in [6, 6.07) is 20.8. The zero-order valence-electron chi connectivity index (χ0n) is 49.5. The number of phenolic OH excluding ortho intramolecular Hbond substituents is 1. The van der Waals surface area contributed by atoms with Crippen LogP contribution >= 0.6 is 11.3 Å². The summed E-state index contributed by atoms with van der Waals surface area (Å²) in [6.45, 7) is 18.6. The summed E-state index contributed by atoms with van der Waals surface area (Å²) in [5.41, 5.74) is 10.0. The summed E-state index contributed by atoms with van der Waals surface area (Å²) in [6.07, 6.45) is 10.4. The maximum atomic E-state index is 14.5. The number of hydrogen-bond acceptors (Lipinski definition) is 17. The van der Waals surface area contributed by atoms with E-state index >= 15 is 0 Å². The number of aryl methyl sites for hydroxylation is 1. The fraction of sp³-hybridized carbons (Fsp3) is 0.530. The van der Waals surface area contributed by atoms with Crippen LogP contribution in [0.25, 0.3) is 43.4 Å². The van der Waals surface area contributed by atoms with Crippen molar-refractivity contribution in [3.05, 3.63) is 101 Å². The van der Waals surface area contributed by atoms with Gasteiger partial charge in [0.1, 0.15) is 30.1 Å². The van der Waals surface area contributed by atoms with Crippen molar-refractivity contribution in [3.63, 3.8) is 0 Å². The molecule has 7 aromatic rings. The number of aliphatic hydroxyl groups excluding tert-OH is 1. The fourth-order valence-corrected chi connectivity index (χ4v) is 17.4. The Kier molecular flexibility index (Phi) is 13.7. The highest BCUT2D eigenvalue weighted by atomic mass is 32.1. The van der Waals surface area contributed by atoms with Gasteiger partial charge in [0.2, 0.25) is 11.8 Å². The van der Waals surface area contributed by atoms with Gasteiger partial charge >= 0.3 is 6.01 Å². The molecule has 11 heterocycles. The van der Waals surface area contributed by atoms with Crippen LogP contribution in [0.3, 0.4) is 0 Å². The number of β-amino-alcohol motifs (C(OH)–C–C–N with tert-alkyl or cyclic N) is 1. The lowest BCUT2D eigenvalue weighted by atomic mass is 9.72. The van der Waals surface area contributed by atoms with Crippen LogP contribution in [0.4, 0.5) is 11.6 Å². The number of ether oxygens (including phenoxy) is 1. The molecule has 7 aliphatic heterocycles. The third kappa shape index (κ3) is 9.61. The minimum Gasteiger partial charge on any atom is -0.508 e. The Morgan fingerprint density at radius 2 is 1.73 bits per heavy atom. The Labute approximate surface area is 500 Å². The molecule has 2 bridgehead atoms. The van der Waals surface area contributed by atoms with Gasteiger partial charge in [-0.1, -0.05) is 68.4 Å². The Bertz CT molecular complexity index is 3710. The molecule has 18 nitrogen and oxygen atoms in total. The number of nitrogens with zero attached hydrogens (tertiary/aromatic N) is 10. The van der Waals surface area contributed by atoms with Crippen molar-refractivity contribution >= 4 is 56.5 Å². The van der Waals surface area contributed by atoms with Crippen molar-refractivity contribution in [2.75, 3.05) is 75.3 Å². The fourth-order valence-electron chi connectivity index (χ4n) is 16.6. The van der Waals surface area contributed by atoms with E-state index in [2.05, 4.69) is 65.5 Å². The number of fused-ring (bicyclic) bond motifs is 7. The summed E-state index contributed by atoms with van der Waals surface area (Å²) in [5, 5.41) is 36.4. The monoisotopic (exact) mass is 1170 g/mol. The first-order valence-electron chi connectivity index (χ1n) is 31.3. The topological polar surface area (TPSA) is 202 Å². The molecule has 9 atom stereocenters. The molecule has 15 rings (SSSR count). The number of hydrogen-bond donors (Lipinski definition) is 4. The molecule has 7 saturated heterocycles. The van der Waals surface area contributed by atoms with Crippen LogP contribution in [0, 0.1) is 18.3 Å². The van der Waals surface area contributed by atoms with Crippen molar-refractivity contribution in [2.45, 2.75) is 146 Å². The molecule has 3 unspecified atom stereocenters. The number of phenols is 1. The largest absolute Gasteiger partial charge is 0.508 e. The number of piperazine rings is 1. The van der Waals surface area contributed by atoms with Crippen molar-refractivity contribution in [3.8, 4) is 33.5 Å². The predicted molar refractivity (Wildman–Crippen MR) is 328 cm³/mol. The van der Waals surface area contributed by atoms with E-state index in [1.807, 2.05) is 81.9 Å². The molecule has 85 heavy (non-hydrogen) atoms. The van der Waals surface area contributed by atoms with Crippen molar-refractivity contribution in [1.82, 2.24) is 50.4 Å². The van der Waals surface area contributed by atoms with Gasteiger partial charge in [0.25, 0.3) is 0 Å². The van der Waals surface area contributed by atoms with E-state index in [4.69, 9.17) is 24.2 Å². The zero-order chi connectivity index (χ0) is 58.0. The SMILES string of the molecule is Cc1ncsc1-c1ccc([C@H](C)NC(=O)[C@@H]2C[C@@H](O)CN2C(=O)[C@@H](c2cc(N3CC4(CCN(C[C@@H]5CC[C@]6(COc7nc(N8CC9CCC(C8)N9)c8cnc9c(c8n7)C(C)c7cccc8cc(O)cc-9c78)CCCN56)CC4)C3)no2)C(C)C)cc1. The van der Waals surface area contributed by atoms with E-state index in [1.54, 1.807) is 16.2 Å². The molecule has 4 N–H and O–H groups in total. The van der Waals surface area contributed by atoms with Crippen LogP contribution in [0.2, 0.25) is 0 Å². The van der Waals surface area contributed by atoms with Crippen LogP contribution in [0.5, 0.6) is 11.8 Å². The highest BCUT2D eigenvalue weighted by molar-refractivity contribution is 7.13. The highest BCUT2D eigenvalue weighted by Crippen LogP contribution is 2.50. The smallest absolute Gasteiger partial charge is 0.319 e. The number of anilines is 2. The van der Waals surface area contributed by atoms with Gasteiger partial charge in [-0.3, -0.25) is 19.5 Å². The first kappa shape index (κ1) is 54.9. The molecule has 0 saturated carbocycles. The van der Waals surface area contributed by atoms with E-state index in [-0.39, 0.29) is 59.4 Å². The molecule has 444 valence electrons.